The largest absolute Gasteiger partial charge is 0.455 e. The topological polar surface area (TPSA) is 21.3 Å². The number of thiophene rings is 1. The summed E-state index contributed by atoms with van der Waals surface area (Å²) in [7, 11) is 0. The summed E-state index contributed by atoms with van der Waals surface area (Å²) in [6, 6.07) is 84.1. The van der Waals surface area contributed by atoms with Crippen molar-refractivity contribution in [2.75, 3.05) is 4.90 Å². The van der Waals surface area contributed by atoms with Crippen molar-refractivity contribution in [1.82, 2.24) is 4.57 Å². The number of rotatable bonds is 6. The predicted octanol–water partition coefficient (Wildman–Crippen LogP) is 18.2. The Balaban J connectivity index is 1.03. The number of benzene rings is 11. The molecule has 0 unspecified atom stereocenters. The molecule has 3 heterocycles. The van der Waals surface area contributed by atoms with Gasteiger partial charge in [0.15, 0.2) is 0 Å². The molecule has 0 N–H and O–H groups in total. The number of anilines is 3. The summed E-state index contributed by atoms with van der Waals surface area (Å²) >= 11 is 1.85. The minimum Gasteiger partial charge on any atom is -0.455 e. The van der Waals surface area contributed by atoms with Gasteiger partial charge in [0.25, 0.3) is 0 Å². The quantitative estimate of drug-likeness (QED) is 0.155. The monoisotopic (exact) mass is 858 g/mol. The lowest BCUT2D eigenvalue weighted by molar-refractivity contribution is 0.670. The smallest absolute Gasteiger partial charge is 0.143 e. The second-order valence-corrected chi connectivity index (χ2v) is 18.3. The van der Waals surface area contributed by atoms with E-state index >= 15 is 0 Å². The standard InChI is InChI=1S/C62H38N2OS/c1-2-15-44-39(14-1)30-34-49-46(44)21-13-25-58(49)64(55-22-8-3-16-45(55)41-31-35-61-53(36-41)51-20-7-12-27-60(51)66-61)43-37-52(62-54(38-43)50-19-6-11-26-59(50)65-62)40-28-32-42(33-29-40)63-56-23-9-4-17-47(56)48-18-5-10-24-57(48)63/h1-38H. The molecule has 0 aliphatic rings. The first kappa shape index (κ1) is 37.0. The average Bonchev–Trinajstić information content (AvgIpc) is 4.06. The number of nitrogens with zero attached hydrogens (tertiary/aromatic N) is 2. The molecule has 0 aliphatic heterocycles. The van der Waals surface area contributed by atoms with Crippen molar-refractivity contribution in [2.24, 2.45) is 0 Å². The van der Waals surface area contributed by atoms with Crippen LogP contribution < -0.4 is 4.90 Å². The Bertz CT molecular complexity index is 4190. The van der Waals surface area contributed by atoms with Crippen LogP contribution in [0.25, 0.3) is 113 Å². The number of para-hydroxylation sites is 4. The van der Waals surface area contributed by atoms with Crippen molar-refractivity contribution in [3.05, 3.63) is 231 Å². The number of furan rings is 1. The van der Waals surface area contributed by atoms with Crippen molar-refractivity contribution >= 4 is 114 Å². The first-order valence-corrected chi connectivity index (χ1v) is 23.3. The lowest BCUT2D eigenvalue weighted by Gasteiger charge is -2.30. The summed E-state index contributed by atoms with van der Waals surface area (Å²) in [5.41, 5.74) is 12.9. The highest BCUT2D eigenvalue weighted by Crippen LogP contribution is 2.49. The Labute approximate surface area is 384 Å². The Morgan fingerprint density at radius 1 is 0.364 bits per heavy atom. The fraction of sp³-hybridized carbons (Fsp3) is 0. The van der Waals surface area contributed by atoms with Crippen LogP contribution in [0.15, 0.2) is 235 Å². The first-order chi connectivity index (χ1) is 32.7. The van der Waals surface area contributed by atoms with Crippen molar-refractivity contribution in [3.8, 4) is 27.9 Å². The van der Waals surface area contributed by atoms with E-state index in [0.717, 1.165) is 61.4 Å². The Morgan fingerprint density at radius 3 is 1.83 bits per heavy atom. The average molecular weight is 859 g/mol. The Hall–Kier alpha value is -8.44. The number of fused-ring (bicyclic) bond motifs is 12. The fourth-order valence-electron chi connectivity index (χ4n) is 10.6. The molecule has 0 amide bonds. The molecule has 0 aliphatic carbocycles. The van der Waals surface area contributed by atoms with Gasteiger partial charge in [-0.1, -0.05) is 158 Å². The predicted molar refractivity (Wildman–Crippen MR) is 282 cm³/mol. The van der Waals surface area contributed by atoms with E-state index in [2.05, 4.69) is 240 Å². The van der Waals surface area contributed by atoms with Crippen molar-refractivity contribution in [3.63, 3.8) is 0 Å². The first-order valence-electron chi connectivity index (χ1n) is 22.5. The summed E-state index contributed by atoms with van der Waals surface area (Å²) in [6.07, 6.45) is 0. The van der Waals surface area contributed by atoms with Crippen LogP contribution in [-0.2, 0) is 0 Å². The minimum absolute atomic E-state index is 0.868. The number of aromatic nitrogens is 1. The van der Waals surface area contributed by atoms with Crippen LogP contribution in [0.1, 0.15) is 0 Å². The molecule has 308 valence electrons. The zero-order valence-corrected chi connectivity index (χ0v) is 36.5. The SMILES string of the molecule is c1ccc(N(c2cc(-c3ccc(-n4c5ccccc5c5ccccc54)cc3)c3oc4ccccc4c3c2)c2cccc3c2ccc2ccccc23)c(-c2ccc3sc4ccccc4c3c2)c1. The van der Waals surface area contributed by atoms with E-state index in [1.807, 2.05) is 11.3 Å². The van der Waals surface area contributed by atoms with Crippen molar-refractivity contribution in [2.45, 2.75) is 0 Å². The number of hydrogen-bond donors (Lipinski definition) is 0. The van der Waals surface area contributed by atoms with E-state index in [0.29, 0.717) is 0 Å². The van der Waals surface area contributed by atoms with Crippen LogP contribution >= 0.6 is 11.3 Å². The molecule has 0 saturated carbocycles. The summed E-state index contributed by atoms with van der Waals surface area (Å²) in [5.74, 6) is 0. The van der Waals surface area contributed by atoms with E-state index in [1.165, 1.54) is 69.1 Å². The van der Waals surface area contributed by atoms with Crippen LogP contribution in [0.5, 0.6) is 0 Å². The molecule has 3 nitrogen and oxygen atoms in total. The normalized spacial score (nSPS) is 11.9. The Morgan fingerprint density at radius 2 is 1.00 bits per heavy atom. The zero-order chi connectivity index (χ0) is 43.3. The highest BCUT2D eigenvalue weighted by Gasteiger charge is 2.24. The lowest BCUT2D eigenvalue weighted by atomic mass is 9.96. The molecule has 4 heteroatoms. The molecule has 0 radical (unpaired) electrons. The van der Waals surface area contributed by atoms with Crippen molar-refractivity contribution in [1.29, 1.82) is 0 Å². The van der Waals surface area contributed by atoms with Crippen LogP contribution in [0.4, 0.5) is 17.1 Å². The molecule has 14 aromatic rings. The van der Waals surface area contributed by atoms with Gasteiger partial charge in [-0.25, -0.2) is 0 Å². The van der Waals surface area contributed by atoms with Gasteiger partial charge in [-0.05, 0) is 100 Å². The number of hydrogen-bond acceptors (Lipinski definition) is 3. The maximum absolute atomic E-state index is 6.86. The van der Waals surface area contributed by atoms with Gasteiger partial charge < -0.3 is 13.9 Å². The van der Waals surface area contributed by atoms with Gasteiger partial charge >= 0.3 is 0 Å². The van der Waals surface area contributed by atoms with Gasteiger partial charge in [0.05, 0.1) is 22.4 Å². The molecular weight excluding hydrogens is 821 g/mol. The highest BCUT2D eigenvalue weighted by molar-refractivity contribution is 7.25. The second-order valence-electron chi connectivity index (χ2n) is 17.2. The van der Waals surface area contributed by atoms with Crippen LogP contribution in [-0.4, -0.2) is 4.57 Å². The van der Waals surface area contributed by atoms with E-state index < -0.39 is 0 Å². The molecule has 0 spiro atoms. The van der Waals surface area contributed by atoms with Gasteiger partial charge in [-0.3, -0.25) is 0 Å². The molecular formula is C62H38N2OS. The third kappa shape index (κ3) is 5.62. The molecule has 3 aromatic heterocycles. The van der Waals surface area contributed by atoms with E-state index in [-0.39, 0.29) is 0 Å². The van der Waals surface area contributed by atoms with Gasteiger partial charge in [0.1, 0.15) is 11.2 Å². The van der Waals surface area contributed by atoms with Gasteiger partial charge in [-0.15, -0.1) is 11.3 Å². The Kier molecular flexibility index (Phi) is 8.15. The maximum atomic E-state index is 6.86. The summed E-state index contributed by atoms with van der Waals surface area (Å²) in [6.45, 7) is 0. The van der Waals surface area contributed by atoms with Crippen LogP contribution in [0.3, 0.4) is 0 Å². The maximum Gasteiger partial charge on any atom is 0.143 e. The molecule has 0 bridgehead atoms. The summed E-state index contributed by atoms with van der Waals surface area (Å²) < 4.78 is 11.8. The van der Waals surface area contributed by atoms with Crippen LogP contribution in [0.2, 0.25) is 0 Å². The van der Waals surface area contributed by atoms with Gasteiger partial charge in [0, 0.05) is 69.6 Å². The summed E-state index contributed by atoms with van der Waals surface area (Å²) in [4.78, 5) is 2.49. The van der Waals surface area contributed by atoms with Crippen LogP contribution in [0, 0.1) is 0 Å². The summed E-state index contributed by atoms with van der Waals surface area (Å²) in [5, 5.41) is 12.1. The van der Waals surface area contributed by atoms with E-state index in [1.54, 1.807) is 0 Å². The lowest BCUT2D eigenvalue weighted by Crippen LogP contribution is -2.12. The fourth-order valence-corrected chi connectivity index (χ4v) is 11.7. The third-order valence-corrected chi connectivity index (χ3v) is 14.7. The van der Waals surface area contributed by atoms with E-state index in [9.17, 15) is 0 Å². The molecule has 66 heavy (non-hydrogen) atoms. The molecule has 0 atom stereocenters. The molecule has 11 aromatic carbocycles. The minimum atomic E-state index is 0.868. The van der Waals surface area contributed by atoms with Crippen molar-refractivity contribution < 1.29 is 4.42 Å². The molecule has 0 saturated heterocycles. The molecule has 14 rings (SSSR count). The highest BCUT2D eigenvalue weighted by atomic mass is 32.1. The van der Waals surface area contributed by atoms with Gasteiger partial charge in [0.2, 0.25) is 0 Å². The second kappa shape index (κ2) is 14.5. The molecule has 0 fully saturated rings. The zero-order valence-electron chi connectivity index (χ0n) is 35.7. The van der Waals surface area contributed by atoms with E-state index in [4.69, 9.17) is 4.42 Å². The third-order valence-electron chi connectivity index (χ3n) is 13.6. The van der Waals surface area contributed by atoms with Gasteiger partial charge in [-0.2, -0.15) is 0 Å².